The second kappa shape index (κ2) is 3.88. The number of aromatic amines is 1. The number of benzene rings is 1. The summed E-state index contributed by atoms with van der Waals surface area (Å²) in [4.78, 5) is 7.24. The third kappa shape index (κ3) is 2.23. The van der Waals surface area contributed by atoms with Crippen molar-refractivity contribution in [2.45, 2.75) is 12.3 Å². The number of para-hydroxylation sites is 1. The van der Waals surface area contributed by atoms with Gasteiger partial charge in [0.15, 0.2) is 9.84 Å². The van der Waals surface area contributed by atoms with E-state index >= 15 is 0 Å². The van der Waals surface area contributed by atoms with Crippen molar-refractivity contribution in [1.29, 1.82) is 0 Å². The maximum Gasteiger partial charge on any atom is 0.154 e. The number of hydrogen-bond acceptors (Lipinski definition) is 4. The zero-order chi connectivity index (χ0) is 11.8. The lowest BCUT2D eigenvalue weighted by atomic mass is 10.2. The average molecular weight is 239 g/mol. The zero-order valence-corrected chi connectivity index (χ0v) is 9.71. The standard InChI is InChI=1S/C10H13N3O2S/c1-16(14,15)6-9-12-8-4-2-3-7(5-11)10(8)13-9/h2-4H,5-6,11H2,1H3,(H,12,13). The van der Waals surface area contributed by atoms with Gasteiger partial charge >= 0.3 is 0 Å². The van der Waals surface area contributed by atoms with E-state index in [9.17, 15) is 8.42 Å². The van der Waals surface area contributed by atoms with Gasteiger partial charge in [-0.1, -0.05) is 12.1 Å². The molecule has 0 aliphatic heterocycles. The molecule has 0 spiro atoms. The first-order chi connectivity index (χ1) is 7.49. The van der Waals surface area contributed by atoms with E-state index < -0.39 is 9.84 Å². The highest BCUT2D eigenvalue weighted by atomic mass is 32.2. The molecule has 0 radical (unpaired) electrons. The van der Waals surface area contributed by atoms with Crippen LogP contribution in [0.15, 0.2) is 18.2 Å². The Kier molecular flexibility index (Phi) is 2.69. The zero-order valence-electron chi connectivity index (χ0n) is 8.90. The number of aromatic nitrogens is 2. The van der Waals surface area contributed by atoms with E-state index in [2.05, 4.69) is 9.97 Å². The monoisotopic (exact) mass is 239 g/mol. The highest BCUT2D eigenvalue weighted by Crippen LogP contribution is 2.16. The van der Waals surface area contributed by atoms with Gasteiger partial charge in [0.05, 0.1) is 11.0 Å². The lowest BCUT2D eigenvalue weighted by molar-refractivity contribution is 0.600. The van der Waals surface area contributed by atoms with Gasteiger partial charge in [-0.2, -0.15) is 0 Å². The van der Waals surface area contributed by atoms with E-state index in [0.717, 1.165) is 16.6 Å². The molecule has 5 nitrogen and oxygen atoms in total. The van der Waals surface area contributed by atoms with Crippen LogP contribution in [0.2, 0.25) is 0 Å². The minimum atomic E-state index is -3.07. The smallest absolute Gasteiger partial charge is 0.154 e. The summed E-state index contributed by atoms with van der Waals surface area (Å²) in [5.74, 6) is 0.379. The first-order valence-electron chi connectivity index (χ1n) is 4.84. The van der Waals surface area contributed by atoms with Crippen LogP contribution in [-0.2, 0) is 22.1 Å². The number of hydrogen-bond donors (Lipinski definition) is 2. The highest BCUT2D eigenvalue weighted by Gasteiger charge is 2.10. The fourth-order valence-corrected chi connectivity index (χ4v) is 2.26. The summed E-state index contributed by atoms with van der Waals surface area (Å²) in [5.41, 5.74) is 8.07. The van der Waals surface area contributed by atoms with Crippen molar-refractivity contribution in [3.8, 4) is 0 Å². The second-order valence-electron chi connectivity index (χ2n) is 3.77. The molecule has 0 aliphatic carbocycles. The molecular weight excluding hydrogens is 226 g/mol. The third-order valence-electron chi connectivity index (χ3n) is 2.26. The fraction of sp³-hybridized carbons (Fsp3) is 0.300. The van der Waals surface area contributed by atoms with Crippen molar-refractivity contribution in [2.24, 2.45) is 5.73 Å². The predicted octanol–water partition coefficient (Wildman–Crippen LogP) is 0.566. The molecule has 0 atom stereocenters. The van der Waals surface area contributed by atoms with Crippen LogP contribution in [0.1, 0.15) is 11.4 Å². The van der Waals surface area contributed by atoms with E-state index in [1.807, 2.05) is 18.2 Å². The number of H-pyrrole nitrogens is 1. The van der Waals surface area contributed by atoms with Crippen LogP contribution >= 0.6 is 0 Å². The normalized spacial score (nSPS) is 12.1. The lowest BCUT2D eigenvalue weighted by Gasteiger charge is -1.95. The van der Waals surface area contributed by atoms with E-state index in [0.29, 0.717) is 12.4 Å². The van der Waals surface area contributed by atoms with Crippen molar-refractivity contribution in [2.75, 3.05) is 6.26 Å². The molecule has 0 unspecified atom stereocenters. The molecule has 1 heterocycles. The van der Waals surface area contributed by atoms with Gasteiger partial charge in [-0.3, -0.25) is 0 Å². The molecule has 1 aromatic heterocycles. The van der Waals surface area contributed by atoms with Gasteiger partial charge < -0.3 is 10.7 Å². The van der Waals surface area contributed by atoms with Crippen molar-refractivity contribution < 1.29 is 8.42 Å². The van der Waals surface area contributed by atoms with Gasteiger partial charge in [-0.05, 0) is 11.6 Å². The Hall–Kier alpha value is -1.40. The van der Waals surface area contributed by atoms with Crippen LogP contribution < -0.4 is 5.73 Å². The Balaban J connectivity index is 2.52. The van der Waals surface area contributed by atoms with Crippen LogP contribution in [-0.4, -0.2) is 24.6 Å². The second-order valence-corrected chi connectivity index (χ2v) is 5.91. The first kappa shape index (κ1) is 11.1. The number of nitrogens with two attached hydrogens (primary N) is 1. The van der Waals surface area contributed by atoms with Crippen molar-refractivity contribution >= 4 is 20.9 Å². The molecule has 0 fully saturated rings. The molecule has 1 aromatic carbocycles. The van der Waals surface area contributed by atoms with Crippen LogP contribution in [0.3, 0.4) is 0 Å². The van der Waals surface area contributed by atoms with Crippen LogP contribution in [0, 0.1) is 0 Å². The summed E-state index contributed by atoms with van der Waals surface area (Å²) in [5, 5.41) is 0. The number of fused-ring (bicyclic) bond motifs is 1. The molecule has 0 amide bonds. The van der Waals surface area contributed by atoms with Crippen molar-refractivity contribution in [3.05, 3.63) is 29.6 Å². The fourth-order valence-electron chi connectivity index (χ4n) is 1.62. The van der Waals surface area contributed by atoms with Gasteiger partial charge in [0.1, 0.15) is 11.6 Å². The van der Waals surface area contributed by atoms with E-state index in [-0.39, 0.29) is 5.75 Å². The lowest BCUT2D eigenvalue weighted by Crippen LogP contribution is -2.02. The number of imidazole rings is 1. The summed E-state index contributed by atoms with van der Waals surface area (Å²) >= 11 is 0. The Labute approximate surface area is 93.6 Å². The average Bonchev–Trinajstić information content (AvgIpc) is 2.56. The van der Waals surface area contributed by atoms with Gasteiger partial charge in [-0.25, -0.2) is 13.4 Å². The van der Waals surface area contributed by atoms with E-state index in [1.54, 1.807) is 0 Å². The third-order valence-corrected chi connectivity index (χ3v) is 3.06. The minimum absolute atomic E-state index is 0.0777. The maximum absolute atomic E-state index is 11.1. The van der Waals surface area contributed by atoms with Gasteiger partial charge in [-0.15, -0.1) is 0 Å². The Morgan fingerprint density at radius 2 is 2.19 bits per heavy atom. The topological polar surface area (TPSA) is 88.8 Å². The summed E-state index contributed by atoms with van der Waals surface area (Å²) < 4.78 is 22.3. The molecule has 16 heavy (non-hydrogen) atoms. The highest BCUT2D eigenvalue weighted by molar-refractivity contribution is 7.89. The minimum Gasteiger partial charge on any atom is -0.341 e. The summed E-state index contributed by atoms with van der Waals surface area (Å²) in [6.07, 6.45) is 1.18. The van der Waals surface area contributed by atoms with Gasteiger partial charge in [0.25, 0.3) is 0 Å². The molecule has 2 aromatic rings. The van der Waals surface area contributed by atoms with E-state index in [1.165, 1.54) is 6.26 Å². The quantitative estimate of drug-likeness (QED) is 0.819. The molecule has 2 rings (SSSR count). The number of rotatable bonds is 3. The molecule has 3 N–H and O–H groups in total. The van der Waals surface area contributed by atoms with Crippen molar-refractivity contribution in [3.63, 3.8) is 0 Å². The summed E-state index contributed by atoms with van der Waals surface area (Å²) in [7, 11) is -3.07. The predicted molar refractivity (Wildman–Crippen MR) is 62.5 cm³/mol. The number of nitrogens with one attached hydrogen (secondary N) is 1. The summed E-state index contributed by atoms with van der Waals surface area (Å²) in [6, 6.07) is 5.60. The first-order valence-corrected chi connectivity index (χ1v) is 6.90. The Bertz CT molecular complexity index is 616. The number of nitrogens with zero attached hydrogens (tertiary/aromatic N) is 1. The molecule has 0 saturated heterocycles. The van der Waals surface area contributed by atoms with Crippen molar-refractivity contribution in [1.82, 2.24) is 9.97 Å². The molecular formula is C10H13N3O2S. The molecule has 6 heteroatoms. The molecule has 0 saturated carbocycles. The van der Waals surface area contributed by atoms with Crippen LogP contribution in [0.4, 0.5) is 0 Å². The Morgan fingerprint density at radius 1 is 1.44 bits per heavy atom. The van der Waals surface area contributed by atoms with Gasteiger partial charge in [0.2, 0.25) is 0 Å². The van der Waals surface area contributed by atoms with E-state index in [4.69, 9.17) is 5.73 Å². The van der Waals surface area contributed by atoms with Gasteiger partial charge in [0, 0.05) is 12.8 Å². The molecule has 0 bridgehead atoms. The van der Waals surface area contributed by atoms with Crippen LogP contribution in [0.25, 0.3) is 11.0 Å². The van der Waals surface area contributed by atoms with Crippen LogP contribution in [0.5, 0.6) is 0 Å². The SMILES string of the molecule is CS(=O)(=O)Cc1nc2c(CN)cccc2[nH]1. The molecule has 0 aliphatic rings. The number of sulfone groups is 1. The Morgan fingerprint density at radius 3 is 2.81 bits per heavy atom. The summed E-state index contributed by atoms with van der Waals surface area (Å²) in [6.45, 7) is 0.389. The molecule has 86 valence electrons. The maximum atomic E-state index is 11.1. The largest absolute Gasteiger partial charge is 0.341 e.